The third-order valence-corrected chi connectivity index (χ3v) is 9.91. The zero-order chi connectivity index (χ0) is 34.7. The van der Waals surface area contributed by atoms with Crippen LogP contribution in [0.5, 0.6) is 0 Å². The zero-order valence-corrected chi connectivity index (χ0v) is 31.4. The van der Waals surface area contributed by atoms with Gasteiger partial charge in [0.1, 0.15) is 19.8 Å². The molecule has 266 valence electrons. The molecule has 6 unspecified atom stereocenters. The van der Waals surface area contributed by atoms with Crippen LogP contribution < -0.4 is 0 Å². The van der Waals surface area contributed by atoms with Crippen molar-refractivity contribution in [1.29, 1.82) is 0 Å². The molecule has 0 spiro atoms. The molecule has 0 aliphatic carbocycles. The van der Waals surface area contributed by atoms with Crippen molar-refractivity contribution in [2.45, 2.75) is 171 Å². The average Bonchev–Trinajstić information content (AvgIpc) is 3.03. The van der Waals surface area contributed by atoms with Crippen LogP contribution in [0.1, 0.15) is 135 Å². The predicted molar refractivity (Wildman–Crippen MR) is 184 cm³/mol. The molecule has 0 radical (unpaired) electrons. The molecular weight excluding hydrogens is 570 g/mol. The van der Waals surface area contributed by atoms with Crippen LogP contribution in [0.2, 0.25) is 0 Å². The molecule has 0 aliphatic heterocycles. The molecule has 0 saturated heterocycles. The Morgan fingerprint density at radius 3 is 0.800 bits per heavy atom. The minimum atomic E-state index is -0.631. The van der Waals surface area contributed by atoms with E-state index in [1.165, 1.54) is 0 Å². The van der Waals surface area contributed by atoms with Gasteiger partial charge in [0.05, 0.1) is 19.8 Å². The quantitative estimate of drug-likeness (QED) is 0.110. The summed E-state index contributed by atoms with van der Waals surface area (Å²) in [4.78, 5) is 45.6. The summed E-state index contributed by atoms with van der Waals surface area (Å²) in [5.74, 6) is -0.107. The summed E-state index contributed by atoms with van der Waals surface area (Å²) in [6, 6.07) is 0.715. The predicted octanol–water partition coefficient (Wildman–Crippen LogP) is 6.71. The molecule has 6 atom stereocenters. The smallest absolute Gasteiger partial charge is 0.249 e. The Kier molecular flexibility index (Phi) is 21.9. The van der Waals surface area contributed by atoms with Crippen LogP contribution in [0, 0.1) is 5.41 Å². The summed E-state index contributed by atoms with van der Waals surface area (Å²) in [5.41, 5.74) is -0.631. The Morgan fingerprint density at radius 2 is 0.644 bits per heavy atom. The summed E-state index contributed by atoms with van der Waals surface area (Å²) in [7, 11) is 0. The lowest BCUT2D eigenvalue weighted by Crippen LogP contribution is -2.48. The fourth-order valence-corrected chi connectivity index (χ4v) is 5.68. The number of amides is 3. The molecule has 9 nitrogen and oxygen atoms in total. The first kappa shape index (κ1) is 43.3. The molecule has 0 fully saturated rings. The maximum atomic E-state index is 13.3. The maximum Gasteiger partial charge on any atom is 0.249 e. The third-order valence-electron chi connectivity index (χ3n) is 9.91. The fraction of sp³-hybridized carbons (Fsp3) is 0.917. The molecule has 0 rings (SSSR count). The molecule has 0 aliphatic rings. The van der Waals surface area contributed by atoms with Crippen molar-refractivity contribution in [3.63, 3.8) is 0 Å². The van der Waals surface area contributed by atoms with E-state index in [1.54, 1.807) is 0 Å². The second-order valence-electron chi connectivity index (χ2n) is 13.3. The number of ether oxygens (including phenoxy) is 3. The number of hydrogen-bond donors (Lipinski definition) is 0. The number of carbonyl (C=O) groups is 3. The highest BCUT2D eigenvalue weighted by Crippen LogP contribution is 2.25. The fourth-order valence-electron chi connectivity index (χ4n) is 5.68. The number of nitrogens with zero attached hydrogens (tertiary/aromatic N) is 3. The topological polar surface area (TPSA) is 88.6 Å². The van der Waals surface area contributed by atoms with E-state index in [1.807, 2.05) is 21.6 Å². The molecule has 0 aromatic carbocycles. The molecule has 0 N–H and O–H groups in total. The monoisotopic (exact) mass is 642 g/mol. The van der Waals surface area contributed by atoms with Crippen LogP contribution in [-0.4, -0.2) is 108 Å². The molecule has 0 aromatic rings. The van der Waals surface area contributed by atoms with Gasteiger partial charge in [0.25, 0.3) is 0 Å². The van der Waals surface area contributed by atoms with E-state index in [0.29, 0.717) is 6.42 Å². The lowest BCUT2D eigenvalue weighted by Gasteiger charge is -2.37. The first-order valence-corrected chi connectivity index (χ1v) is 17.9. The van der Waals surface area contributed by atoms with Gasteiger partial charge in [-0.1, -0.05) is 48.5 Å². The van der Waals surface area contributed by atoms with Gasteiger partial charge in [-0.2, -0.15) is 0 Å². The van der Waals surface area contributed by atoms with E-state index in [2.05, 4.69) is 83.1 Å². The van der Waals surface area contributed by atoms with Crippen LogP contribution in [0.25, 0.3) is 0 Å². The second kappa shape index (κ2) is 22.8. The number of hydrogen-bond acceptors (Lipinski definition) is 6. The zero-order valence-electron chi connectivity index (χ0n) is 31.4. The molecule has 0 aromatic heterocycles. The summed E-state index contributed by atoms with van der Waals surface area (Å²) >= 11 is 0. The summed E-state index contributed by atoms with van der Waals surface area (Å²) in [6.45, 7) is 27.5. The number of carbonyl (C=O) groups excluding carboxylic acids is 3. The number of rotatable bonds is 25. The first-order valence-electron chi connectivity index (χ1n) is 17.9. The van der Waals surface area contributed by atoms with Gasteiger partial charge in [-0.05, 0) is 86.5 Å². The SMILES string of the molecule is CCC(C)N(C(=O)COCC(CC)(COCC(=O)N(C(C)CC)C(C)CC)COCC(=O)N(C(C)CC)C(C)CC)C(C)CC. The summed E-state index contributed by atoms with van der Waals surface area (Å²) < 4.78 is 18.3. The molecule has 3 amide bonds. The van der Waals surface area contributed by atoms with Gasteiger partial charge < -0.3 is 28.9 Å². The Labute approximate surface area is 277 Å². The van der Waals surface area contributed by atoms with E-state index < -0.39 is 5.41 Å². The Balaban J connectivity index is 5.83. The van der Waals surface area contributed by atoms with E-state index >= 15 is 0 Å². The van der Waals surface area contributed by atoms with Crippen molar-refractivity contribution in [2.75, 3.05) is 39.6 Å². The van der Waals surface area contributed by atoms with Crippen molar-refractivity contribution < 1.29 is 28.6 Å². The van der Waals surface area contributed by atoms with Gasteiger partial charge in [-0.15, -0.1) is 0 Å². The summed E-state index contributed by atoms with van der Waals surface area (Å²) in [6.07, 6.45) is 5.84. The standard InChI is InChI=1S/C36H71N3O6/c1-14-27(8)37(28(9)15-2)33(40)21-43-24-36(20-7,25-44-22-34(41)38(29(10)16-3)30(11)17-4)26-45-23-35(42)39(31(12)18-5)32(13)19-6/h27-32H,14-26H2,1-13H3. The van der Waals surface area contributed by atoms with Crippen molar-refractivity contribution in [2.24, 2.45) is 5.41 Å². The highest BCUT2D eigenvalue weighted by atomic mass is 16.5. The minimum absolute atomic E-state index is 0.0357. The highest BCUT2D eigenvalue weighted by molar-refractivity contribution is 5.79. The van der Waals surface area contributed by atoms with Crippen LogP contribution in [0.4, 0.5) is 0 Å². The molecule has 9 heteroatoms. The van der Waals surface area contributed by atoms with Crippen LogP contribution in [0.15, 0.2) is 0 Å². The van der Waals surface area contributed by atoms with E-state index in [-0.39, 0.29) is 93.6 Å². The van der Waals surface area contributed by atoms with Crippen LogP contribution in [0.3, 0.4) is 0 Å². The van der Waals surface area contributed by atoms with E-state index in [9.17, 15) is 14.4 Å². The first-order chi connectivity index (χ1) is 21.2. The third kappa shape index (κ3) is 13.9. The van der Waals surface area contributed by atoms with E-state index in [4.69, 9.17) is 14.2 Å². The summed E-state index contributed by atoms with van der Waals surface area (Å²) in [5, 5.41) is 0. The Hall–Kier alpha value is -1.71. The highest BCUT2D eigenvalue weighted by Gasteiger charge is 2.33. The van der Waals surface area contributed by atoms with Gasteiger partial charge in [0, 0.05) is 41.7 Å². The van der Waals surface area contributed by atoms with Crippen molar-refractivity contribution in [3.8, 4) is 0 Å². The van der Waals surface area contributed by atoms with Crippen molar-refractivity contribution >= 4 is 17.7 Å². The minimum Gasteiger partial charge on any atom is -0.371 e. The van der Waals surface area contributed by atoms with Gasteiger partial charge >= 0.3 is 0 Å². The Morgan fingerprint density at radius 1 is 0.444 bits per heavy atom. The lowest BCUT2D eigenvalue weighted by atomic mass is 9.88. The molecule has 0 saturated carbocycles. The van der Waals surface area contributed by atoms with E-state index in [0.717, 1.165) is 38.5 Å². The van der Waals surface area contributed by atoms with Gasteiger partial charge in [0.2, 0.25) is 17.7 Å². The normalized spacial score (nSPS) is 17.0. The van der Waals surface area contributed by atoms with Gasteiger partial charge in [-0.25, -0.2) is 0 Å². The van der Waals surface area contributed by atoms with Crippen molar-refractivity contribution in [3.05, 3.63) is 0 Å². The molecule has 0 heterocycles. The van der Waals surface area contributed by atoms with Crippen molar-refractivity contribution in [1.82, 2.24) is 14.7 Å². The maximum absolute atomic E-state index is 13.3. The largest absolute Gasteiger partial charge is 0.371 e. The Bertz CT molecular complexity index is 707. The second-order valence-corrected chi connectivity index (χ2v) is 13.3. The van der Waals surface area contributed by atoms with Gasteiger partial charge in [-0.3, -0.25) is 14.4 Å². The molecular formula is C36H71N3O6. The van der Waals surface area contributed by atoms with Crippen LogP contribution >= 0.6 is 0 Å². The average molecular weight is 642 g/mol. The van der Waals surface area contributed by atoms with Crippen LogP contribution in [-0.2, 0) is 28.6 Å². The van der Waals surface area contributed by atoms with Gasteiger partial charge in [0.15, 0.2) is 0 Å². The lowest BCUT2D eigenvalue weighted by molar-refractivity contribution is -0.149. The molecule has 45 heavy (non-hydrogen) atoms. The molecule has 0 bridgehead atoms.